The first-order chi connectivity index (χ1) is 10.8. The van der Waals surface area contributed by atoms with E-state index in [2.05, 4.69) is 0 Å². The summed E-state index contributed by atoms with van der Waals surface area (Å²) in [5.41, 5.74) is 2.25. The third-order valence-corrected chi connectivity index (χ3v) is 3.36. The lowest BCUT2D eigenvalue weighted by Crippen LogP contribution is -2.33. The van der Waals surface area contributed by atoms with E-state index in [1.807, 2.05) is 72.5 Å². The number of carbonyl (C=O) groups excluding carboxylic acids is 1. The zero-order chi connectivity index (χ0) is 15.6. The maximum absolute atomic E-state index is 12.4. The molecule has 3 heteroatoms. The van der Waals surface area contributed by atoms with Gasteiger partial charge in [0.05, 0.1) is 0 Å². The molecule has 0 aliphatic carbocycles. The van der Waals surface area contributed by atoms with E-state index in [0.29, 0.717) is 19.7 Å². The normalized spacial score (nSPS) is 10.4. The summed E-state index contributed by atoms with van der Waals surface area (Å²) in [7, 11) is 0. The van der Waals surface area contributed by atoms with Gasteiger partial charge in [-0.05, 0) is 17.5 Å². The number of carbonyl (C=O) groups is 1. The summed E-state index contributed by atoms with van der Waals surface area (Å²) >= 11 is 0. The van der Waals surface area contributed by atoms with Crippen molar-refractivity contribution in [1.82, 2.24) is 4.90 Å². The predicted octanol–water partition coefficient (Wildman–Crippen LogP) is 3.64. The molecule has 0 radical (unpaired) electrons. The smallest absolute Gasteiger partial charge is 0.249 e. The summed E-state index contributed by atoms with van der Waals surface area (Å²) < 4.78 is 5.41. The molecule has 0 N–H and O–H groups in total. The van der Waals surface area contributed by atoms with E-state index in [1.54, 1.807) is 0 Å². The Hall–Kier alpha value is -2.13. The Balaban J connectivity index is 2.04. The Morgan fingerprint density at radius 1 is 0.909 bits per heavy atom. The van der Waals surface area contributed by atoms with Crippen molar-refractivity contribution in [2.24, 2.45) is 0 Å². The zero-order valence-electron chi connectivity index (χ0n) is 13.1. The molecule has 0 aliphatic heterocycles. The van der Waals surface area contributed by atoms with E-state index < -0.39 is 0 Å². The van der Waals surface area contributed by atoms with Gasteiger partial charge < -0.3 is 9.64 Å². The fourth-order valence-electron chi connectivity index (χ4n) is 2.23. The lowest BCUT2D eigenvalue weighted by molar-refractivity contribution is -0.137. The summed E-state index contributed by atoms with van der Waals surface area (Å²) in [6, 6.07) is 20.1. The van der Waals surface area contributed by atoms with E-state index in [0.717, 1.165) is 17.5 Å². The van der Waals surface area contributed by atoms with Gasteiger partial charge in [0.15, 0.2) is 0 Å². The molecule has 0 bridgehead atoms. The van der Waals surface area contributed by atoms with Gasteiger partial charge in [0, 0.05) is 19.7 Å². The predicted molar refractivity (Wildman–Crippen MR) is 88.2 cm³/mol. The van der Waals surface area contributed by atoms with Crippen LogP contribution in [0.3, 0.4) is 0 Å². The second-order valence-electron chi connectivity index (χ2n) is 5.27. The molecule has 0 atom stereocenters. The highest BCUT2D eigenvalue weighted by Gasteiger charge is 2.14. The molecule has 0 saturated heterocycles. The number of hydrogen-bond acceptors (Lipinski definition) is 2. The Labute approximate surface area is 132 Å². The Morgan fingerprint density at radius 2 is 1.41 bits per heavy atom. The van der Waals surface area contributed by atoms with Crippen molar-refractivity contribution in [3.8, 4) is 0 Å². The molecule has 1 amide bonds. The van der Waals surface area contributed by atoms with Gasteiger partial charge in [-0.1, -0.05) is 67.6 Å². The second kappa shape index (κ2) is 9.00. The van der Waals surface area contributed by atoms with Gasteiger partial charge in [0.2, 0.25) is 5.91 Å². The molecule has 0 aromatic heterocycles. The number of ether oxygens (including phenoxy) is 1. The summed E-state index contributed by atoms with van der Waals surface area (Å²) in [4.78, 5) is 14.3. The molecule has 0 heterocycles. The van der Waals surface area contributed by atoms with Crippen LogP contribution >= 0.6 is 0 Å². The standard InChI is InChI=1S/C19H23NO2/c1-2-13-22-16-19(21)20(14-17-9-5-3-6-10-17)15-18-11-7-4-8-12-18/h3-12H,2,13-16H2,1H3. The van der Waals surface area contributed by atoms with Gasteiger partial charge in [-0.2, -0.15) is 0 Å². The minimum atomic E-state index is 0.0288. The van der Waals surface area contributed by atoms with Crippen LogP contribution in [0.15, 0.2) is 60.7 Å². The van der Waals surface area contributed by atoms with Gasteiger partial charge >= 0.3 is 0 Å². The van der Waals surface area contributed by atoms with Gasteiger partial charge in [-0.15, -0.1) is 0 Å². The van der Waals surface area contributed by atoms with Crippen LogP contribution in [0.2, 0.25) is 0 Å². The highest BCUT2D eigenvalue weighted by Crippen LogP contribution is 2.10. The van der Waals surface area contributed by atoms with Gasteiger partial charge in [-0.3, -0.25) is 4.79 Å². The van der Waals surface area contributed by atoms with E-state index in [9.17, 15) is 4.79 Å². The lowest BCUT2D eigenvalue weighted by atomic mass is 10.1. The Kier molecular flexibility index (Phi) is 6.65. The molecule has 2 rings (SSSR count). The van der Waals surface area contributed by atoms with Crippen LogP contribution in [-0.4, -0.2) is 24.0 Å². The van der Waals surface area contributed by atoms with Gasteiger partial charge in [0.1, 0.15) is 6.61 Å². The van der Waals surface area contributed by atoms with Crippen LogP contribution in [0.1, 0.15) is 24.5 Å². The van der Waals surface area contributed by atoms with Gasteiger partial charge in [0.25, 0.3) is 0 Å². The molecule has 0 saturated carbocycles. The fraction of sp³-hybridized carbons (Fsp3) is 0.316. The van der Waals surface area contributed by atoms with E-state index >= 15 is 0 Å². The molecular weight excluding hydrogens is 274 g/mol. The van der Waals surface area contributed by atoms with Crippen LogP contribution in [0, 0.1) is 0 Å². The Bertz CT molecular complexity index is 513. The monoisotopic (exact) mass is 297 g/mol. The molecule has 0 spiro atoms. The highest BCUT2D eigenvalue weighted by molar-refractivity contribution is 5.77. The number of rotatable bonds is 8. The second-order valence-corrected chi connectivity index (χ2v) is 5.27. The highest BCUT2D eigenvalue weighted by atomic mass is 16.5. The molecule has 116 valence electrons. The number of amides is 1. The van der Waals surface area contributed by atoms with Crippen LogP contribution in [0.25, 0.3) is 0 Å². The van der Waals surface area contributed by atoms with E-state index in [4.69, 9.17) is 4.74 Å². The summed E-state index contributed by atoms with van der Waals surface area (Å²) in [5.74, 6) is 0.0288. The Morgan fingerprint density at radius 3 is 1.86 bits per heavy atom. The molecule has 22 heavy (non-hydrogen) atoms. The first kappa shape index (κ1) is 16.2. The molecule has 0 aliphatic rings. The lowest BCUT2D eigenvalue weighted by Gasteiger charge is -2.23. The van der Waals surface area contributed by atoms with Crippen molar-refractivity contribution in [3.63, 3.8) is 0 Å². The van der Waals surface area contributed by atoms with Crippen molar-refractivity contribution in [2.75, 3.05) is 13.2 Å². The van der Waals surface area contributed by atoms with Crippen molar-refractivity contribution < 1.29 is 9.53 Å². The van der Waals surface area contributed by atoms with Crippen molar-refractivity contribution >= 4 is 5.91 Å². The average molecular weight is 297 g/mol. The SMILES string of the molecule is CCCOCC(=O)N(Cc1ccccc1)Cc1ccccc1. The molecule has 0 fully saturated rings. The maximum Gasteiger partial charge on any atom is 0.249 e. The average Bonchev–Trinajstić information content (AvgIpc) is 2.56. The van der Waals surface area contributed by atoms with Gasteiger partial charge in [-0.25, -0.2) is 0 Å². The van der Waals surface area contributed by atoms with Crippen molar-refractivity contribution in [3.05, 3.63) is 71.8 Å². The minimum Gasteiger partial charge on any atom is -0.372 e. The van der Waals surface area contributed by atoms with Crippen LogP contribution in [0.4, 0.5) is 0 Å². The van der Waals surface area contributed by atoms with E-state index in [-0.39, 0.29) is 12.5 Å². The molecule has 2 aromatic carbocycles. The number of benzene rings is 2. The first-order valence-electron chi connectivity index (χ1n) is 7.73. The summed E-state index contributed by atoms with van der Waals surface area (Å²) in [6.45, 7) is 4.01. The molecule has 3 nitrogen and oxygen atoms in total. The van der Waals surface area contributed by atoms with Crippen LogP contribution in [0.5, 0.6) is 0 Å². The zero-order valence-corrected chi connectivity index (χ0v) is 13.1. The van der Waals surface area contributed by atoms with Crippen molar-refractivity contribution in [1.29, 1.82) is 0 Å². The molecule has 0 unspecified atom stereocenters. The number of nitrogens with zero attached hydrogens (tertiary/aromatic N) is 1. The minimum absolute atomic E-state index is 0.0288. The summed E-state index contributed by atoms with van der Waals surface area (Å²) in [5, 5.41) is 0. The van der Waals surface area contributed by atoms with Crippen LogP contribution < -0.4 is 0 Å². The summed E-state index contributed by atoms with van der Waals surface area (Å²) in [6.07, 6.45) is 0.921. The maximum atomic E-state index is 12.4. The fourth-order valence-corrected chi connectivity index (χ4v) is 2.23. The van der Waals surface area contributed by atoms with E-state index in [1.165, 1.54) is 0 Å². The third-order valence-electron chi connectivity index (χ3n) is 3.36. The third kappa shape index (κ3) is 5.34. The largest absolute Gasteiger partial charge is 0.372 e. The van der Waals surface area contributed by atoms with Crippen LogP contribution in [-0.2, 0) is 22.6 Å². The van der Waals surface area contributed by atoms with Crippen molar-refractivity contribution in [2.45, 2.75) is 26.4 Å². The quantitative estimate of drug-likeness (QED) is 0.696. The topological polar surface area (TPSA) is 29.5 Å². The molecular formula is C19H23NO2. The number of hydrogen-bond donors (Lipinski definition) is 0. The first-order valence-corrected chi connectivity index (χ1v) is 7.73. The molecule has 2 aromatic rings.